The van der Waals surface area contributed by atoms with E-state index in [0.29, 0.717) is 29.6 Å². The van der Waals surface area contributed by atoms with Crippen molar-refractivity contribution >= 4 is 33.3 Å². The molecule has 1 aromatic carbocycles. The summed E-state index contributed by atoms with van der Waals surface area (Å²) in [7, 11) is 0. The lowest BCUT2D eigenvalue weighted by atomic mass is 10.3. The van der Waals surface area contributed by atoms with Crippen LogP contribution in [0.5, 0.6) is 0 Å². The minimum absolute atomic E-state index is 0.282. The summed E-state index contributed by atoms with van der Waals surface area (Å²) in [5.74, 6) is 1.48. The molecule has 122 valence electrons. The van der Waals surface area contributed by atoms with Crippen molar-refractivity contribution in [3.8, 4) is 0 Å². The Morgan fingerprint density at radius 2 is 2.00 bits per heavy atom. The lowest BCUT2D eigenvalue weighted by Crippen LogP contribution is -2.24. The average molecular weight is 387 g/mol. The van der Waals surface area contributed by atoms with Gasteiger partial charge in [-0.05, 0) is 43.3 Å². The lowest BCUT2D eigenvalue weighted by molar-refractivity contribution is 0.0942. The molecule has 0 aliphatic rings. The van der Waals surface area contributed by atoms with E-state index in [9.17, 15) is 4.79 Å². The molecule has 0 fully saturated rings. The van der Waals surface area contributed by atoms with Gasteiger partial charge in [0.05, 0.1) is 12.8 Å². The third kappa shape index (κ3) is 4.20. The molecule has 2 heterocycles. The van der Waals surface area contributed by atoms with Gasteiger partial charge in [0.25, 0.3) is 5.91 Å². The second kappa shape index (κ2) is 7.27. The average Bonchev–Trinajstić information content (AvgIpc) is 3.08. The molecule has 24 heavy (non-hydrogen) atoms. The van der Waals surface area contributed by atoms with Gasteiger partial charge in [-0.3, -0.25) is 4.79 Å². The molecular formula is C17H15BrN4O2. The minimum atomic E-state index is -0.282. The van der Waals surface area contributed by atoms with Crippen molar-refractivity contribution in [2.75, 3.05) is 5.32 Å². The van der Waals surface area contributed by atoms with E-state index in [2.05, 4.69) is 36.5 Å². The van der Waals surface area contributed by atoms with Crippen molar-refractivity contribution in [1.29, 1.82) is 0 Å². The van der Waals surface area contributed by atoms with Crippen LogP contribution >= 0.6 is 15.9 Å². The Kier molecular flexibility index (Phi) is 4.90. The maximum Gasteiger partial charge on any atom is 0.270 e. The number of aryl methyl sites for hydroxylation is 1. The fourth-order valence-corrected chi connectivity index (χ4v) is 2.36. The zero-order valence-corrected chi connectivity index (χ0v) is 14.5. The number of amides is 1. The predicted molar refractivity (Wildman–Crippen MR) is 94.1 cm³/mol. The number of hydrogen-bond acceptors (Lipinski definition) is 5. The molecule has 2 aromatic heterocycles. The van der Waals surface area contributed by atoms with E-state index in [1.807, 2.05) is 24.3 Å². The molecule has 2 N–H and O–H groups in total. The highest BCUT2D eigenvalue weighted by molar-refractivity contribution is 9.10. The molecule has 0 saturated heterocycles. The largest absolute Gasteiger partial charge is 0.467 e. The number of nitrogens with zero attached hydrogens (tertiary/aromatic N) is 2. The molecule has 0 aliphatic carbocycles. The van der Waals surface area contributed by atoms with Gasteiger partial charge in [-0.2, -0.15) is 0 Å². The molecule has 0 bridgehead atoms. The first kappa shape index (κ1) is 16.2. The number of anilines is 2. The normalized spacial score (nSPS) is 10.4. The third-order valence-electron chi connectivity index (χ3n) is 3.19. The molecule has 0 aliphatic heterocycles. The van der Waals surface area contributed by atoms with E-state index in [-0.39, 0.29) is 5.91 Å². The monoisotopic (exact) mass is 386 g/mol. The van der Waals surface area contributed by atoms with Crippen LogP contribution < -0.4 is 10.6 Å². The molecule has 0 atom stereocenters. The fraction of sp³-hybridized carbons (Fsp3) is 0.118. The Labute approximate surface area is 147 Å². The van der Waals surface area contributed by atoms with Crippen molar-refractivity contribution in [3.05, 3.63) is 70.5 Å². The highest BCUT2D eigenvalue weighted by Crippen LogP contribution is 2.18. The number of carbonyl (C=O) groups is 1. The molecule has 0 saturated carbocycles. The summed E-state index contributed by atoms with van der Waals surface area (Å²) in [5.41, 5.74) is 1.17. The van der Waals surface area contributed by atoms with Gasteiger partial charge in [0.15, 0.2) is 0 Å². The number of furan rings is 1. The molecule has 7 heteroatoms. The standard InChI is InChI=1S/C17H15BrN4O2/c1-11-20-15(17(23)19-10-14-3-2-8-24-14)9-16(21-11)22-13-6-4-12(18)5-7-13/h2-9H,10H2,1H3,(H,19,23)(H,20,21,22). The second-order valence-corrected chi connectivity index (χ2v) is 6.00. The van der Waals surface area contributed by atoms with E-state index in [4.69, 9.17) is 4.42 Å². The van der Waals surface area contributed by atoms with Crippen LogP contribution in [-0.2, 0) is 6.54 Å². The van der Waals surface area contributed by atoms with Gasteiger partial charge in [-0.25, -0.2) is 9.97 Å². The molecule has 0 radical (unpaired) electrons. The molecule has 0 spiro atoms. The number of carbonyl (C=O) groups excluding carboxylic acids is 1. The minimum Gasteiger partial charge on any atom is -0.467 e. The lowest BCUT2D eigenvalue weighted by Gasteiger charge is -2.09. The summed E-state index contributed by atoms with van der Waals surface area (Å²) in [6.07, 6.45) is 1.57. The fourth-order valence-electron chi connectivity index (χ4n) is 2.10. The van der Waals surface area contributed by atoms with Crippen LogP contribution in [0.3, 0.4) is 0 Å². The van der Waals surface area contributed by atoms with Gasteiger partial charge >= 0.3 is 0 Å². The molecule has 1 amide bonds. The molecule has 0 unspecified atom stereocenters. The second-order valence-electron chi connectivity index (χ2n) is 5.08. The van der Waals surface area contributed by atoms with Gasteiger partial charge < -0.3 is 15.1 Å². The molecule has 3 rings (SSSR count). The van der Waals surface area contributed by atoms with E-state index in [1.165, 1.54) is 0 Å². The molecular weight excluding hydrogens is 372 g/mol. The SMILES string of the molecule is Cc1nc(Nc2ccc(Br)cc2)cc(C(=O)NCc2ccco2)n1. The Morgan fingerprint density at radius 3 is 2.71 bits per heavy atom. The number of benzene rings is 1. The maximum absolute atomic E-state index is 12.3. The zero-order valence-electron chi connectivity index (χ0n) is 12.9. The highest BCUT2D eigenvalue weighted by atomic mass is 79.9. The van der Waals surface area contributed by atoms with Crippen molar-refractivity contribution < 1.29 is 9.21 Å². The van der Waals surface area contributed by atoms with Crippen LogP contribution in [0, 0.1) is 6.92 Å². The van der Waals surface area contributed by atoms with E-state index < -0.39 is 0 Å². The quantitative estimate of drug-likeness (QED) is 0.696. The summed E-state index contributed by atoms with van der Waals surface area (Å²) in [5, 5.41) is 5.94. The summed E-state index contributed by atoms with van der Waals surface area (Å²) < 4.78 is 6.18. The van der Waals surface area contributed by atoms with Crippen LogP contribution in [0.4, 0.5) is 11.5 Å². The summed E-state index contributed by atoms with van der Waals surface area (Å²) >= 11 is 3.39. The predicted octanol–water partition coefficient (Wildman–Crippen LogP) is 3.81. The van der Waals surface area contributed by atoms with Crippen LogP contribution in [0.1, 0.15) is 22.1 Å². The number of hydrogen-bond donors (Lipinski definition) is 2. The van der Waals surface area contributed by atoms with Gasteiger partial charge in [-0.15, -0.1) is 0 Å². The van der Waals surface area contributed by atoms with Gasteiger partial charge in [-0.1, -0.05) is 15.9 Å². The summed E-state index contributed by atoms with van der Waals surface area (Å²) in [4.78, 5) is 20.8. The Balaban J connectivity index is 1.73. The third-order valence-corrected chi connectivity index (χ3v) is 3.72. The van der Waals surface area contributed by atoms with Crippen LogP contribution in [0.2, 0.25) is 0 Å². The van der Waals surface area contributed by atoms with Crippen molar-refractivity contribution in [2.24, 2.45) is 0 Å². The van der Waals surface area contributed by atoms with Crippen LogP contribution in [0.15, 0.2) is 57.6 Å². The van der Waals surface area contributed by atoms with E-state index >= 15 is 0 Å². The maximum atomic E-state index is 12.3. The van der Waals surface area contributed by atoms with Crippen LogP contribution in [0.25, 0.3) is 0 Å². The van der Waals surface area contributed by atoms with Gasteiger partial charge in [0, 0.05) is 16.2 Å². The number of rotatable bonds is 5. The smallest absolute Gasteiger partial charge is 0.270 e. The first-order valence-electron chi connectivity index (χ1n) is 7.29. The Bertz CT molecular complexity index is 832. The number of nitrogens with one attached hydrogen (secondary N) is 2. The number of aromatic nitrogens is 2. The highest BCUT2D eigenvalue weighted by Gasteiger charge is 2.11. The van der Waals surface area contributed by atoms with Gasteiger partial charge in [0.2, 0.25) is 0 Å². The van der Waals surface area contributed by atoms with Gasteiger partial charge in [0.1, 0.15) is 23.1 Å². The van der Waals surface area contributed by atoms with Crippen molar-refractivity contribution in [1.82, 2.24) is 15.3 Å². The van der Waals surface area contributed by atoms with Crippen molar-refractivity contribution in [3.63, 3.8) is 0 Å². The van der Waals surface area contributed by atoms with E-state index in [1.54, 1.807) is 31.4 Å². The van der Waals surface area contributed by atoms with Crippen LogP contribution in [-0.4, -0.2) is 15.9 Å². The molecule has 6 nitrogen and oxygen atoms in total. The Hall–Kier alpha value is -2.67. The van der Waals surface area contributed by atoms with E-state index in [0.717, 1.165) is 10.2 Å². The van der Waals surface area contributed by atoms with Crippen molar-refractivity contribution in [2.45, 2.75) is 13.5 Å². The topological polar surface area (TPSA) is 80.0 Å². The zero-order chi connectivity index (χ0) is 16.9. The first-order valence-corrected chi connectivity index (χ1v) is 8.08. The summed E-state index contributed by atoms with van der Waals surface area (Å²) in [6.45, 7) is 2.06. The Morgan fingerprint density at radius 1 is 1.21 bits per heavy atom. The summed E-state index contributed by atoms with van der Waals surface area (Å²) in [6, 6.07) is 12.9. The first-order chi connectivity index (χ1) is 11.6. The molecule has 3 aromatic rings. The number of halogens is 1.